The Morgan fingerprint density at radius 1 is 1.53 bits per heavy atom. The number of hydrazone groups is 1. The molecule has 0 radical (unpaired) electrons. The second-order valence-electron chi connectivity index (χ2n) is 4.35. The first kappa shape index (κ1) is 12.2. The lowest BCUT2D eigenvalue weighted by atomic mass is 10.1. The number of carbonyl (C=O) groups is 1. The van der Waals surface area contributed by atoms with Gasteiger partial charge in [-0.25, -0.2) is 5.01 Å². The number of amides is 1. The molecule has 98 valence electrons. The van der Waals surface area contributed by atoms with Crippen molar-refractivity contribution < 1.29 is 9.21 Å². The first-order valence-electron chi connectivity index (χ1n) is 6.26. The minimum Gasteiger partial charge on any atom is -0.463 e. The average Bonchev–Trinajstić information content (AvgIpc) is 3.14. The number of nitrogens with zero attached hydrogens (tertiary/aromatic N) is 2. The van der Waals surface area contributed by atoms with E-state index in [0.29, 0.717) is 12.8 Å². The van der Waals surface area contributed by atoms with E-state index < -0.39 is 0 Å². The highest BCUT2D eigenvalue weighted by Crippen LogP contribution is 2.35. The van der Waals surface area contributed by atoms with Crippen molar-refractivity contribution in [1.82, 2.24) is 5.01 Å². The van der Waals surface area contributed by atoms with Crippen LogP contribution >= 0.6 is 11.3 Å². The van der Waals surface area contributed by atoms with Crippen molar-refractivity contribution in [3.8, 4) is 0 Å². The van der Waals surface area contributed by atoms with E-state index in [9.17, 15) is 4.79 Å². The van der Waals surface area contributed by atoms with E-state index in [4.69, 9.17) is 4.42 Å². The van der Waals surface area contributed by atoms with E-state index in [0.717, 1.165) is 16.3 Å². The van der Waals surface area contributed by atoms with Crippen LogP contribution in [0.15, 0.2) is 45.4 Å². The Labute approximate surface area is 115 Å². The van der Waals surface area contributed by atoms with Crippen LogP contribution in [0.4, 0.5) is 0 Å². The molecule has 0 bridgehead atoms. The van der Waals surface area contributed by atoms with Crippen LogP contribution in [0.5, 0.6) is 0 Å². The summed E-state index contributed by atoms with van der Waals surface area (Å²) in [6, 6.07) is 7.77. The quantitative estimate of drug-likeness (QED) is 0.860. The van der Waals surface area contributed by atoms with Crippen LogP contribution in [0.3, 0.4) is 0 Å². The summed E-state index contributed by atoms with van der Waals surface area (Å²) in [5.41, 5.74) is 0.838. The van der Waals surface area contributed by atoms with Crippen LogP contribution in [0.25, 0.3) is 0 Å². The predicted octanol–water partition coefficient (Wildman–Crippen LogP) is 3.43. The molecule has 1 atom stereocenters. The fourth-order valence-electron chi connectivity index (χ4n) is 2.20. The summed E-state index contributed by atoms with van der Waals surface area (Å²) in [5.74, 6) is 0.785. The normalized spacial score (nSPS) is 18.7. The molecule has 1 amide bonds. The highest BCUT2D eigenvalue weighted by molar-refractivity contribution is 7.10. The van der Waals surface area contributed by atoms with Crippen LogP contribution in [0, 0.1) is 0 Å². The Kier molecular flexibility index (Phi) is 3.21. The van der Waals surface area contributed by atoms with Gasteiger partial charge in [-0.3, -0.25) is 4.79 Å². The molecule has 3 heterocycles. The molecule has 0 saturated heterocycles. The summed E-state index contributed by atoms with van der Waals surface area (Å²) in [6.07, 6.45) is 2.79. The lowest BCUT2D eigenvalue weighted by Gasteiger charge is -2.19. The maximum Gasteiger partial charge on any atom is 0.243 e. The van der Waals surface area contributed by atoms with Gasteiger partial charge in [-0.2, -0.15) is 5.10 Å². The topological polar surface area (TPSA) is 45.8 Å². The van der Waals surface area contributed by atoms with Crippen LogP contribution in [0.2, 0.25) is 0 Å². The van der Waals surface area contributed by atoms with Gasteiger partial charge in [0.25, 0.3) is 0 Å². The van der Waals surface area contributed by atoms with Gasteiger partial charge in [-0.05, 0) is 23.6 Å². The van der Waals surface area contributed by atoms with Gasteiger partial charge < -0.3 is 4.42 Å². The molecule has 0 saturated carbocycles. The van der Waals surface area contributed by atoms with E-state index in [-0.39, 0.29) is 11.9 Å². The van der Waals surface area contributed by atoms with Gasteiger partial charge in [0.2, 0.25) is 5.91 Å². The van der Waals surface area contributed by atoms with E-state index in [1.54, 1.807) is 22.6 Å². The lowest BCUT2D eigenvalue weighted by molar-refractivity contribution is -0.132. The number of hydrogen-bond donors (Lipinski definition) is 0. The molecular formula is C14H14N2O2S. The molecule has 0 aromatic carbocycles. The molecule has 5 heteroatoms. The first-order valence-corrected chi connectivity index (χ1v) is 7.14. The van der Waals surface area contributed by atoms with Crippen molar-refractivity contribution in [2.24, 2.45) is 5.10 Å². The summed E-state index contributed by atoms with van der Waals surface area (Å²) in [7, 11) is 0. The molecule has 0 unspecified atom stereocenters. The molecule has 0 aliphatic carbocycles. The SMILES string of the molecule is CCC(=O)N1N=C(c2ccco2)C[C@@H]1c1cccs1. The summed E-state index contributed by atoms with van der Waals surface area (Å²) < 4.78 is 5.38. The highest BCUT2D eigenvalue weighted by atomic mass is 32.1. The van der Waals surface area contributed by atoms with Crippen LogP contribution in [-0.2, 0) is 4.79 Å². The number of furan rings is 1. The smallest absolute Gasteiger partial charge is 0.243 e. The van der Waals surface area contributed by atoms with Gasteiger partial charge in [0.05, 0.1) is 12.3 Å². The molecule has 0 N–H and O–H groups in total. The van der Waals surface area contributed by atoms with Crippen molar-refractivity contribution in [2.45, 2.75) is 25.8 Å². The number of thiophene rings is 1. The standard InChI is InChI=1S/C14H14N2O2S/c1-2-14(17)16-11(13-6-4-8-19-13)9-10(15-16)12-5-3-7-18-12/h3-8,11H,2,9H2,1H3/t11-/m1/s1. The van der Waals surface area contributed by atoms with Gasteiger partial charge in [-0.1, -0.05) is 13.0 Å². The van der Waals surface area contributed by atoms with E-state index in [2.05, 4.69) is 5.10 Å². The Balaban J connectivity index is 1.93. The van der Waals surface area contributed by atoms with E-state index in [1.807, 2.05) is 36.6 Å². The second-order valence-corrected chi connectivity index (χ2v) is 5.33. The Morgan fingerprint density at radius 3 is 3.05 bits per heavy atom. The summed E-state index contributed by atoms with van der Waals surface area (Å²) in [4.78, 5) is 13.2. The fraction of sp³-hybridized carbons (Fsp3) is 0.286. The van der Waals surface area contributed by atoms with Crippen molar-refractivity contribution in [2.75, 3.05) is 0 Å². The molecular weight excluding hydrogens is 260 g/mol. The first-order chi connectivity index (χ1) is 9.29. The average molecular weight is 274 g/mol. The van der Waals surface area contributed by atoms with Crippen LogP contribution in [0.1, 0.15) is 36.4 Å². The van der Waals surface area contributed by atoms with E-state index in [1.165, 1.54) is 0 Å². The van der Waals surface area contributed by atoms with Gasteiger partial charge in [0, 0.05) is 17.7 Å². The summed E-state index contributed by atoms with van der Waals surface area (Å²) in [6.45, 7) is 1.86. The Morgan fingerprint density at radius 2 is 2.42 bits per heavy atom. The number of hydrogen-bond acceptors (Lipinski definition) is 4. The van der Waals surface area contributed by atoms with Crippen LogP contribution < -0.4 is 0 Å². The largest absolute Gasteiger partial charge is 0.463 e. The summed E-state index contributed by atoms with van der Waals surface area (Å²) >= 11 is 1.65. The third-order valence-electron chi connectivity index (χ3n) is 3.15. The summed E-state index contributed by atoms with van der Waals surface area (Å²) in [5, 5.41) is 8.08. The molecule has 0 spiro atoms. The Hall–Kier alpha value is -1.88. The zero-order valence-electron chi connectivity index (χ0n) is 10.6. The molecule has 0 fully saturated rings. The van der Waals surface area contributed by atoms with Gasteiger partial charge in [-0.15, -0.1) is 11.3 Å². The van der Waals surface area contributed by atoms with Crippen LogP contribution in [-0.4, -0.2) is 16.6 Å². The van der Waals surface area contributed by atoms with Gasteiger partial charge >= 0.3 is 0 Å². The minimum absolute atomic E-state index is 0.00699. The highest BCUT2D eigenvalue weighted by Gasteiger charge is 2.33. The predicted molar refractivity (Wildman–Crippen MR) is 74.1 cm³/mol. The molecule has 1 aliphatic rings. The monoisotopic (exact) mass is 274 g/mol. The maximum atomic E-state index is 12.0. The van der Waals surface area contributed by atoms with Crippen molar-refractivity contribution in [1.29, 1.82) is 0 Å². The van der Waals surface area contributed by atoms with E-state index >= 15 is 0 Å². The third-order valence-corrected chi connectivity index (χ3v) is 4.12. The van der Waals surface area contributed by atoms with Crippen molar-refractivity contribution in [3.05, 3.63) is 46.5 Å². The third kappa shape index (κ3) is 2.21. The molecule has 2 aromatic heterocycles. The lowest BCUT2D eigenvalue weighted by Crippen LogP contribution is -2.25. The zero-order valence-corrected chi connectivity index (χ0v) is 11.4. The number of carbonyl (C=O) groups excluding carboxylic acids is 1. The molecule has 1 aliphatic heterocycles. The molecule has 4 nitrogen and oxygen atoms in total. The molecule has 2 aromatic rings. The minimum atomic E-state index is 0.00699. The number of rotatable bonds is 3. The second kappa shape index (κ2) is 5.01. The van der Waals surface area contributed by atoms with Crippen molar-refractivity contribution in [3.63, 3.8) is 0 Å². The van der Waals surface area contributed by atoms with Gasteiger partial charge in [0.15, 0.2) is 0 Å². The fourth-order valence-corrected chi connectivity index (χ4v) is 3.01. The van der Waals surface area contributed by atoms with Crippen molar-refractivity contribution >= 4 is 23.0 Å². The molecule has 3 rings (SSSR count). The van der Waals surface area contributed by atoms with Gasteiger partial charge in [0.1, 0.15) is 11.5 Å². The zero-order chi connectivity index (χ0) is 13.2. The maximum absolute atomic E-state index is 12.0. The Bertz CT molecular complexity index is 587. The molecule has 19 heavy (non-hydrogen) atoms.